The first-order valence-electron chi connectivity index (χ1n) is 10.3. The lowest BCUT2D eigenvalue weighted by atomic mass is 9.97. The number of piperidine rings is 1. The van der Waals surface area contributed by atoms with E-state index in [0.29, 0.717) is 24.8 Å². The number of hydrogen-bond acceptors (Lipinski definition) is 6. The van der Waals surface area contributed by atoms with E-state index in [4.69, 9.17) is 14.5 Å². The summed E-state index contributed by atoms with van der Waals surface area (Å²) in [4.78, 5) is 24.5. The standard InChI is InChI=1S/C23H26N4O3/c1-3-30-23-21(25-19-8-4-5-9-20(19)26-23)27-14-6-7-16(15-27)22(28)24-17-10-12-18(29-2)13-11-17/h4-5,8-13,16H,3,6-7,14-15H2,1-2H3,(H,24,28). The minimum atomic E-state index is -0.136. The molecule has 1 aromatic heterocycles. The zero-order valence-electron chi connectivity index (χ0n) is 17.3. The molecule has 1 atom stereocenters. The molecular formula is C23H26N4O3. The Morgan fingerprint density at radius 2 is 1.87 bits per heavy atom. The number of nitrogens with zero attached hydrogens (tertiary/aromatic N) is 3. The van der Waals surface area contributed by atoms with Gasteiger partial charge in [0.25, 0.3) is 5.88 Å². The van der Waals surface area contributed by atoms with E-state index in [0.717, 1.165) is 41.9 Å². The fraction of sp³-hybridized carbons (Fsp3) is 0.348. The van der Waals surface area contributed by atoms with Gasteiger partial charge < -0.3 is 19.7 Å². The first-order chi connectivity index (χ1) is 14.7. The Balaban J connectivity index is 1.53. The summed E-state index contributed by atoms with van der Waals surface area (Å²) in [7, 11) is 1.62. The van der Waals surface area contributed by atoms with E-state index >= 15 is 0 Å². The lowest BCUT2D eigenvalue weighted by Gasteiger charge is -2.33. The highest BCUT2D eigenvalue weighted by molar-refractivity contribution is 5.93. The second-order valence-corrected chi connectivity index (χ2v) is 7.28. The molecule has 4 rings (SSSR count). The van der Waals surface area contributed by atoms with E-state index in [-0.39, 0.29) is 11.8 Å². The molecule has 1 aliphatic heterocycles. The number of carbonyl (C=O) groups is 1. The highest BCUT2D eigenvalue weighted by Gasteiger charge is 2.29. The highest BCUT2D eigenvalue weighted by atomic mass is 16.5. The Labute approximate surface area is 176 Å². The normalized spacial score (nSPS) is 16.3. The maximum atomic E-state index is 12.9. The second-order valence-electron chi connectivity index (χ2n) is 7.28. The minimum absolute atomic E-state index is 0.0107. The number of hydrogen-bond donors (Lipinski definition) is 1. The molecule has 0 radical (unpaired) electrons. The fourth-order valence-electron chi connectivity index (χ4n) is 3.72. The molecule has 2 heterocycles. The number of benzene rings is 2. The summed E-state index contributed by atoms with van der Waals surface area (Å²) >= 11 is 0. The lowest BCUT2D eigenvalue weighted by molar-refractivity contribution is -0.120. The van der Waals surface area contributed by atoms with Gasteiger partial charge in [-0.3, -0.25) is 4.79 Å². The van der Waals surface area contributed by atoms with E-state index in [9.17, 15) is 4.79 Å². The van der Waals surface area contributed by atoms with Gasteiger partial charge in [-0.15, -0.1) is 0 Å². The summed E-state index contributed by atoms with van der Waals surface area (Å²) in [6.07, 6.45) is 1.74. The van der Waals surface area contributed by atoms with Crippen LogP contribution in [-0.4, -0.2) is 42.7 Å². The Morgan fingerprint density at radius 3 is 2.57 bits per heavy atom. The van der Waals surface area contributed by atoms with Crippen LogP contribution in [0.3, 0.4) is 0 Å². The summed E-state index contributed by atoms with van der Waals surface area (Å²) in [6, 6.07) is 15.1. The molecule has 156 valence electrons. The SMILES string of the molecule is CCOc1nc2ccccc2nc1N1CCCC(C(=O)Nc2ccc(OC)cc2)C1. The Hall–Kier alpha value is -3.35. The molecule has 1 fully saturated rings. The molecule has 7 heteroatoms. The number of amides is 1. The third-order valence-corrected chi connectivity index (χ3v) is 5.25. The van der Waals surface area contributed by atoms with Gasteiger partial charge in [0.05, 0.1) is 30.7 Å². The Kier molecular flexibility index (Phi) is 5.97. The van der Waals surface area contributed by atoms with Crippen LogP contribution in [0.15, 0.2) is 48.5 Å². The lowest BCUT2D eigenvalue weighted by Crippen LogP contribution is -2.41. The van der Waals surface area contributed by atoms with Crippen molar-refractivity contribution in [3.63, 3.8) is 0 Å². The number of aromatic nitrogens is 2. The van der Waals surface area contributed by atoms with Crippen molar-refractivity contribution < 1.29 is 14.3 Å². The van der Waals surface area contributed by atoms with E-state index in [1.54, 1.807) is 7.11 Å². The molecule has 1 aliphatic rings. The van der Waals surface area contributed by atoms with Crippen LogP contribution >= 0.6 is 0 Å². The van der Waals surface area contributed by atoms with Gasteiger partial charge in [-0.2, -0.15) is 0 Å². The molecule has 0 bridgehead atoms. The monoisotopic (exact) mass is 406 g/mol. The third-order valence-electron chi connectivity index (χ3n) is 5.25. The smallest absolute Gasteiger partial charge is 0.258 e. The van der Waals surface area contributed by atoms with Gasteiger partial charge in [-0.25, -0.2) is 9.97 Å². The summed E-state index contributed by atoms with van der Waals surface area (Å²) < 4.78 is 11.0. The van der Waals surface area contributed by atoms with Crippen molar-refractivity contribution in [2.24, 2.45) is 5.92 Å². The van der Waals surface area contributed by atoms with Crippen molar-refractivity contribution in [2.45, 2.75) is 19.8 Å². The fourth-order valence-corrected chi connectivity index (χ4v) is 3.72. The van der Waals surface area contributed by atoms with Crippen LogP contribution in [0.25, 0.3) is 11.0 Å². The average molecular weight is 406 g/mol. The van der Waals surface area contributed by atoms with E-state index in [1.807, 2.05) is 55.5 Å². The van der Waals surface area contributed by atoms with Crippen LogP contribution in [0.1, 0.15) is 19.8 Å². The predicted octanol–water partition coefficient (Wildman–Crippen LogP) is 3.89. The van der Waals surface area contributed by atoms with Crippen molar-refractivity contribution in [3.8, 4) is 11.6 Å². The molecule has 2 aromatic carbocycles. The number of carbonyl (C=O) groups excluding carboxylic acids is 1. The Bertz CT molecular complexity index is 1020. The zero-order valence-corrected chi connectivity index (χ0v) is 17.3. The van der Waals surface area contributed by atoms with Gasteiger partial charge >= 0.3 is 0 Å². The topological polar surface area (TPSA) is 76.6 Å². The van der Waals surface area contributed by atoms with Crippen molar-refractivity contribution in [3.05, 3.63) is 48.5 Å². The third kappa shape index (κ3) is 4.30. The first-order valence-corrected chi connectivity index (χ1v) is 10.3. The number of fused-ring (bicyclic) bond motifs is 1. The summed E-state index contributed by atoms with van der Waals surface area (Å²) in [5.41, 5.74) is 2.38. The summed E-state index contributed by atoms with van der Waals surface area (Å²) in [6.45, 7) is 3.84. The molecule has 3 aromatic rings. The van der Waals surface area contributed by atoms with Gasteiger partial charge in [-0.05, 0) is 56.2 Å². The molecule has 1 saturated heterocycles. The molecule has 0 aliphatic carbocycles. The molecule has 1 unspecified atom stereocenters. The predicted molar refractivity (Wildman–Crippen MR) is 117 cm³/mol. The first kappa shape index (κ1) is 19.9. The Morgan fingerprint density at radius 1 is 1.13 bits per heavy atom. The molecule has 0 spiro atoms. The molecule has 30 heavy (non-hydrogen) atoms. The van der Waals surface area contributed by atoms with Gasteiger partial charge in [0.1, 0.15) is 5.75 Å². The van der Waals surface area contributed by atoms with E-state index < -0.39 is 0 Å². The van der Waals surface area contributed by atoms with Gasteiger partial charge in [0, 0.05) is 18.8 Å². The van der Waals surface area contributed by atoms with Crippen molar-refractivity contribution in [2.75, 3.05) is 37.0 Å². The number of para-hydroxylation sites is 2. The molecule has 1 N–H and O–H groups in total. The number of rotatable bonds is 6. The van der Waals surface area contributed by atoms with Gasteiger partial charge in [-0.1, -0.05) is 12.1 Å². The van der Waals surface area contributed by atoms with Gasteiger partial charge in [0.15, 0.2) is 5.82 Å². The molecule has 1 amide bonds. The molecule has 7 nitrogen and oxygen atoms in total. The quantitative estimate of drug-likeness (QED) is 0.669. The number of nitrogens with one attached hydrogen (secondary N) is 1. The maximum absolute atomic E-state index is 12.9. The summed E-state index contributed by atoms with van der Waals surface area (Å²) in [5, 5.41) is 3.02. The minimum Gasteiger partial charge on any atom is -0.497 e. The van der Waals surface area contributed by atoms with Crippen LogP contribution in [-0.2, 0) is 4.79 Å². The van der Waals surface area contributed by atoms with Crippen molar-refractivity contribution in [1.82, 2.24) is 9.97 Å². The average Bonchev–Trinajstić information content (AvgIpc) is 2.79. The van der Waals surface area contributed by atoms with Crippen molar-refractivity contribution in [1.29, 1.82) is 0 Å². The largest absolute Gasteiger partial charge is 0.497 e. The number of methoxy groups -OCH3 is 1. The number of anilines is 2. The van der Waals surface area contributed by atoms with Crippen LogP contribution in [0.2, 0.25) is 0 Å². The van der Waals surface area contributed by atoms with Crippen LogP contribution in [0, 0.1) is 5.92 Å². The summed E-state index contributed by atoms with van der Waals surface area (Å²) in [5.74, 6) is 1.86. The van der Waals surface area contributed by atoms with Crippen LogP contribution < -0.4 is 19.7 Å². The number of ether oxygens (including phenoxy) is 2. The van der Waals surface area contributed by atoms with E-state index in [2.05, 4.69) is 15.2 Å². The highest BCUT2D eigenvalue weighted by Crippen LogP contribution is 2.31. The second kappa shape index (κ2) is 8.98. The zero-order chi connectivity index (χ0) is 20.9. The van der Waals surface area contributed by atoms with Crippen LogP contribution in [0.4, 0.5) is 11.5 Å². The van der Waals surface area contributed by atoms with Crippen molar-refractivity contribution >= 4 is 28.4 Å². The van der Waals surface area contributed by atoms with Gasteiger partial charge in [0.2, 0.25) is 5.91 Å². The molecule has 0 saturated carbocycles. The van der Waals surface area contributed by atoms with E-state index in [1.165, 1.54) is 0 Å². The maximum Gasteiger partial charge on any atom is 0.258 e. The van der Waals surface area contributed by atoms with Crippen LogP contribution in [0.5, 0.6) is 11.6 Å². The molecular weight excluding hydrogens is 380 g/mol.